The van der Waals surface area contributed by atoms with Crippen molar-refractivity contribution in [3.05, 3.63) is 69.2 Å². The van der Waals surface area contributed by atoms with Crippen LogP contribution in [-0.4, -0.2) is 0 Å². The lowest BCUT2D eigenvalue weighted by Crippen LogP contribution is -2.02. The SMILES string of the molecule is CC(C)c1ccc(C(C#N)Cc2c(Cl)cccc2Cl)cc1. The van der Waals surface area contributed by atoms with Gasteiger partial charge in [-0.1, -0.05) is 67.4 Å². The van der Waals surface area contributed by atoms with Gasteiger partial charge in [0, 0.05) is 10.0 Å². The summed E-state index contributed by atoms with van der Waals surface area (Å²) in [4.78, 5) is 0. The second kappa shape index (κ2) is 6.98. The highest BCUT2D eigenvalue weighted by molar-refractivity contribution is 6.36. The van der Waals surface area contributed by atoms with E-state index in [0.717, 1.165) is 11.1 Å². The molecular weight excluding hydrogens is 301 g/mol. The second-order valence-corrected chi connectivity index (χ2v) is 6.22. The molecule has 108 valence electrons. The molecule has 2 aromatic rings. The number of nitrogens with zero attached hydrogens (tertiary/aromatic N) is 1. The number of hydrogen-bond donors (Lipinski definition) is 0. The van der Waals surface area contributed by atoms with E-state index < -0.39 is 0 Å². The number of benzene rings is 2. The fourth-order valence-corrected chi connectivity index (χ4v) is 2.83. The number of halogens is 2. The van der Waals surface area contributed by atoms with Crippen molar-refractivity contribution in [1.29, 1.82) is 5.26 Å². The molecule has 0 aromatic heterocycles. The Balaban J connectivity index is 2.26. The summed E-state index contributed by atoms with van der Waals surface area (Å²) >= 11 is 12.4. The maximum Gasteiger partial charge on any atom is 0.0754 e. The van der Waals surface area contributed by atoms with Gasteiger partial charge in [-0.05, 0) is 41.2 Å². The molecule has 2 rings (SSSR count). The summed E-state index contributed by atoms with van der Waals surface area (Å²) in [5.74, 6) is 0.237. The van der Waals surface area contributed by atoms with Crippen LogP contribution in [0.15, 0.2) is 42.5 Å². The molecule has 0 N–H and O–H groups in total. The van der Waals surface area contributed by atoms with Crippen LogP contribution in [0, 0.1) is 11.3 Å². The van der Waals surface area contributed by atoms with Gasteiger partial charge in [0.05, 0.1) is 12.0 Å². The molecule has 0 aliphatic rings. The zero-order valence-electron chi connectivity index (χ0n) is 12.1. The molecule has 3 heteroatoms. The minimum Gasteiger partial charge on any atom is -0.198 e. The molecule has 0 radical (unpaired) electrons. The van der Waals surface area contributed by atoms with Crippen LogP contribution in [0.2, 0.25) is 10.0 Å². The van der Waals surface area contributed by atoms with Crippen molar-refractivity contribution >= 4 is 23.2 Å². The van der Waals surface area contributed by atoms with E-state index in [0.29, 0.717) is 22.4 Å². The van der Waals surface area contributed by atoms with Gasteiger partial charge in [-0.2, -0.15) is 5.26 Å². The Morgan fingerprint density at radius 3 is 1.95 bits per heavy atom. The van der Waals surface area contributed by atoms with Crippen molar-refractivity contribution in [2.45, 2.75) is 32.1 Å². The van der Waals surface area contributed by atoms with Gasteiger partial charge < -0.3 is 0 Å². The molecule has 2 aromatic carbocycles. The number of nitriles is 1. The van der Waals surface area contributed by atoms with E-state index in [1.807, 2.05) is 18.2 Å². The number of rotatable bonds is 4. The highest BCUT2D eigenvalue weighted by Crippen LogP contribution is 2.30. The van der Waals surface area contributed by atoms with Crippen molar-refractivity contribution < 1.29 is 0 Å². The summed E-state index contributed by atoms with van der Waals surface area (Å²) in [6, 6.07) is 16.0. The normalized spacial score (nSPS) is 12.2. The van der Waals surface area contributed by atoms with Crippen LogP contribution in [0.4, 0.5) is 0 Å². The third-order valence-electron chi connectivity index (χ3n) is 3.63. The molecule has 0 aliphatic carbocycles. The van der Waals surface area contributed by atoms with Crippen LogP contribution >= 0.6 is 23.2 Å². The van der Waals surface area contributed by atoms with Crippen molar-refractivity contribution in [2.24, 2.45) is 0 Å². The van der Waals surface area contributed by atoms with E-state index in [9.17, 15) is 5.26 Å². The zero-order chi connectivity index (χ0) is 15.4. The molecule has 0 saturated heterocycles. The molecule has 1 nitrogen and oxygen atoms in total. The van der Waals surface area contributed by atoms with E-state index in [1.165, 1.54) is 5.56 Å². The maximum atomic E-state index is 9.46. The molecule has 21 heavy (non-hydrogen) atoms. The average Bonchev–Trinajstić information content (AvgIpc) is 2.47. The first kappa shape index (κ1) is 15.9. The number of hydrogen-bond acceptors (Lipinski definition) is 1. The summed E-state index contributed by atoms with van der Waals surface area (Å²) in [6.45, 7) is 4.31. The zero-order valence-corrected chi connectivity index (χ0v) is 13.6. The summed E-state index contributed by atoms with van der Waals surface area (Å²) in [6.07, 6.45) is 0.524. The molecule has 1 unspecified atom stereocenters. The second-order valence-electron chi connectivity index (χ2n) is 5.41. The Bertz CT molecular complexity index is 634. The van der Waals surface area contributed by atoms with Gasteiger partial charge in [-0.15, -0.1) is 0 Å². The smallest absolute Gasteiger partial charge is 0.0754 e. The first-order chi connectivity index (χ1) is 10.0. The lowest BCUT2D eigenvalue weighted by molar-refractivity contribution is 0.837. The molecule has 0 spiro atoms. The van der Waals surface area contributed by atoms with E-state index in [2.05, 4.69) is 32.0 Å². The van der Waals surface area contributed by atoms with Gasteiger partial charge in [0.1, 0.15) is 0 Å². The van der Waals surface area contributed by atoms with Crippen LogP contribution in [0.3, 0.4) is 0 Å². The van der Waals surface area contributed by atoms with Crippen molar-refractivity contribution in [3.63, 3.8) is 0 Å². The lowest BCUT2D eigenvalue weighted by Gasteiger charge is -2.13. The molecule has 0 fully saturated rings. The minimum absolute atomic E-state index is 0.247. The predicted molar refractivity (Wildman–Crippen MR) is 89.1 cm³/mol. The predicted octanol–water partition coefficient (Wildman–Crippen LogP) is 5.97. The Labute approximate surface area is 136 Å². The summed E-state index contributed by atoms with van der Waals surface area (Å²) in [5.41, 5.74) is 3.10. The molecule has 0 saturated carbocycles. The Morgan fingerprint density at radius 2 is 1.48 bits per heavy atom. The van der Waals surface area contributed by atoms with Crippen LogP contribution in [-0.2, 0) is 6.42 Å². The van der Waals surface area contributed by atoms with Crippen LogP contribution < -0.4 is 0 Å². The van der Waals surface area contributed by atoms with E-state index in [-0.39, 0.29) is 5.92 Å². The summed E-state index contributed by atoms with van der Waals surface area (Å²) in [7, 11) is 0. The van der Waals surface area contributed by atoms with Gasteiger partial charge in [0.15, 0.2) is 0 Å². The van der Waals surface area contributed by atoms with Crippen LogP contribution in [0.25, 0.3) is 0 Å². The quantitative estimate of drug-likeness (QED) is 0.681. The lowest BCUT2D eigenvalue weighted by atomic mass is 9.91. The fraction of sp³-hybridized carbons (Fsp3) is 0.278. The van der Waals surface area contributed by atoms with Crippen LogP contribution in [0.5, 0.6) is 0 Å². The molecule has 0 aliphatic heterocycles. The summed E-state index contributed by atoms with van der Waals surface area (Å²) < 4.78 is 0. The third kappa shape index (κ3) is 3.79. The van der Waals surface area contributed by atoms with Crippen molar-refractivity contribution in [3.8, 4) is 6.07 Å². The van der Waals surface area contributed by atoms with E-state index >= 15 is 0 Å². The van der Waals surface area contributed by atoms with Gasteiger partial charge in [0.25, 0.3) is 0 Å². The van der Waals surface area contributed by atoms with E-state index in [1.54, 1.807) is 12.1 Å². The first-order valence-electron chi connectivity index (χ1n) is 6.95. The topological polar surface area (TPSA) is 23.8 Å². The van der Waals surface area contributed by atoms with Gasteiger partial charge >= 0.3 is 0 Å². The molecule has 0 amide bonds. The maximum absolute atomic E-state index is 9.46. The molecule has 1 atom stereocenters. The first-order valence-corrected chi connectivity index (χ1v) is 7.71. The average molecular weight is 318 g/mol. The summed E-state index contributed by atoms with van der Waals surface area (Å²) in [5, 5.41) is 10.7. The van der Waals surface area contributed by atoms with Crippen molar-refractivity contribution in [2.75, 3.05) is 0 Å². The standard InChI is InChI=1S/C18H17Cl2N/c1-12(2)13-6-8-14(9-7-13)15(11-21)10-16-17(19)4-3-5-18(16)20/h3-9,12,15H,10H2,1-2H3. The van der Waals surface area contributed by atoms with Gasteiger partial charge in [-0.3, -0.25) is 0 Å². The van der Waals surface area contributed by atoms with Crippen molar-refractivity contribution in [1.82, 2.24) is 0 Å². The molecule has 0 bridgehead atoms. The van der Waals surface area contributed by atoms with Gasteiger partial charge in [-0.25, -0.2) is 0 Å². The highest BCUT2D eigenvalue weighted by atomic mass is 35.5. The monoisotopic (exact) mass is 317 g/mol. The third-order valence-corrected chi connectivity index (χ3v) is 4.34. The Morgan fingerprint density at radius 1 is 0.952 bits per heavy atom. The highest BCUT2D eigenvalue weighted by Gasteiger charge is 2.16. The largest absolute Gasteiger partial charge is 0.198 e. The van der Waals surface area contributed by atoms with Crippen LogP contribution in [0.1, 0.15) is 42.4 Å². The molecular formula is C18H17Cl2N. The fourth-order valence-electron chi connectivity index (χ4n) is 2.28. The minimum atomic E-state index is -0.247. The van der Waals surface area contributed by atoms with Gasteiger partial charge in [0.2, 0.25) is 0 Å². The Kier molecular flexibility index (Phi) is 5.28. The van der Waals surface area contributed by atoms with E-state index in [4.69, 9.17) is 23.2 Å². The molecule has 0 heterocycles. The Hall–Kier alpha value is -1.49.